The van der Waals surface area contributed by atoms with Crippen LogP contribution in [0.25, 0.3) is 0 Å². The van der Waals surface area contributed by atoms with E-state index in [1.807, 2.05) is 26.0 Å². The van der Waals surface area contributed by atoms with Gasteiger partial charge in [-0.25, -0.2) is 0 Å². The largest absolute Gasteiger partial charge is 1.00 e. The van der Waals surface area contributed by atoms with Crippen LogP contribution >= 0.6 is 0 Å². The molecule has 0 heterocycles. The summed E-state index contributed by atoms with van der Waals surface area (Å²) in [5.74, 6) is 0. The Bertz CT molecular complexity index is 1600. The average Bonchev–Trinajstić information content (AvgIpc) is 2.86. The highest BCUT2D eigenvalue weighted by atomic mass is 33.5. The SMILES string of the molecule is C.Cc1cc(C)c(C)c(C)c1.F[B-](F)(F)F.S=S=S=S=S=S=S=S=S=S=S=S=S=S=S=S.[3H+].[3H]c1c(C)cc(C)cc1C. The van der Waals surface area contributed by atoms with Crippen molar-refractivity contribution in [3.8, 4) is 0 Å². The van der Waals surface area contributed by atoms with Crippen LogP contribution in [0, 0.1) is 48.5 Å². The van der Waals surface area contributed by atoms with Crippen molar-refractivity contribution in [3.63, 3.8) is 0 Å². The van der Waals surface area contributed by atoms with Gasteiger partial charge in [-0.05, 0) is 65.2 Å². The topological polar surface area (TPSA) is 0 Å². The zero-order chi connectivity index (χ0) is 31.8. The van der Waals surface area contributed by atoms with E-state index in [1.54, 1.807) is 107 Å². The van der Waals surface area contributed by atoms with Crippen molar-refractivity contribution < 1.29 is 20.1 Å². The molecule has 0 N–H and O–H groups in total. The molecule has 0 spiro atoms. The van der Waals surface area contributed by atoms with Crippen molar-refractivity contribution in [2.24, 2.45) is 0 Å². The predicted molar refractivity (Wildman–Crippen MR) is 222 cm³/mol. The first-order valence-corrected chi connectivity index (χ1v) is 30.2. The number of hydrogen-bond donors (Lipinski definition) is 0. The lowest BCUT2D eigenvalue weighted by Gasteiger charge is -2.04. The summed E-state index contributed by atoms with van der Waals surface area (Å²) in [5, 5.41) is 0. The van der Waals surface area contributed by atoms with Crippen LogP contribution in [-0.2, 0) is 147 Å². The first-order chi connectivity index (χ1) is 19.1. The third-order valence-electron chi connectivity index (χ3n) is 3.72. The lowest BCUT2D eigenvalue weighted by molar-refractivity contribution is 0.368. The van der Waals surface area contributed by atoms with Crippen LogP contribution in [0.4, 0.5) is 17.3 Å². The maximum Gasteiger partial charge on any atom is 1.00 e. The molecule has 21 heteroatoms. The maximum absolute atomic E-state index is 9.75. The molecule has 0 atom stereocenters. The molecular formula is C20H31BF4S16. The molecular weight excluding hydrogens is 840 g/mol. The molecule has 0 saturated carbocycles. The van der Waals surface area contributed by atoms with E-state index in [0.29, 0.717) is 6.04 Å². The molecule has 0 aliphatic rings. The van der Waals surface area contributed by atoms with Crippen LogP contribution in [0.15, 0.2) is 30.3 Å². The van der Waals surface area contributed by atoms with Crippen LogP contribution in [0.3, 0.4) is 0 Å². The second-order valence-electron chi connectivity index (χ2n) is 6.99. The Balaban J connectivity index is -0.000000247. The van der Waals surface area contributed by atoms with E-state index in [0.717, 1.165) is 11.1 Å². The Labute approximate surface area is 295 Å². The van der Waals surface area contributed by atoms with Gasteiger partial charge in [-0.3, -0.25) is 0 Å². The van der Waals surface area contributed by atoms with Crippen molar-refractivity contribution >= 4 is 154 Å². The summed E-state index contributed by atoms with van der Waals surface area (Å²) in [6, 6.07) is 9.20. The quantitative estimate of drug-likeness (QED) is 0.199. The molecule has 41 heavy (non-hydrogen) atoms. The molecule has 238 valence electrons. The summed E-state index contributed by atoms with van der Waals surface area (Å²) >= 11 is 9.46. The zero-order valence-corrected chi connectivity index (χ0v) is 35.0. The first kappa shape index (κ1) is 44.9. The molecule has 0 aliphatic carbocycles. The molecule has 0 aromatic heterocycles. The maximum atomic E-state index is 9.75. The Morgan fingerprint density at radius 3 is 1.05 bits per heavy atom. The molecule has 0 nitrogen and oxygen atoms in total. The minimum Gasteiger partial charge on any atom is -0.418 e. The molecule has 0 saturated heterocycles. The molecule has 0 radical (unpaired) electrons. The third kappa shape index (κ3) is 36.1. The molecule has 0 amide bonds. The van der Waals surface area contributed by atoms with E-state index in [2.05, 4.69) is 46.8 Å². The Morgan fingerprint density at radius 1 is 0.537 bits per heavy atom. The lowest BCUT2D eigenvalue weighted by Crippen LogP contribution is -2.02. The van der Waals surface area contributed by atoms with Crippen LogP contribution < -0.4 is 0 Å². The van der Waals surface area contributed by atoms with Gasteiger partial charge in [0.15, 0.2) is 0 Å². The standard InChI is InChI=1S/C10H14.C9H12.CH4.BF4.S16/c1-7-5-8(2)10(4)9(3)6-7;1-7-4-8(2)6-9(3)5-7;;2-1(3,4)5;1-3-5-7-9-11-13-15-16-14-12-10-8-6-4-2/h5-6H,1-4H3;4-6H,1-3H3;1H4;;/q;;;-1;/p+1/i;4T;;;/hT. The fraction of sp³-hybridized carbons (Fsp3) is 0.400. The lowest BCUT2D eigenvalue weighted by atomic mass is 10.0. The highest BCUT2D eigenvalue weighted by Gasteiger charge is 2.20. The predicted octanol–water partition coefficient (Wildman–Crippen LogP) is 7.54. The van der Waals surface area contributed by atoms with Gasteiger partial charge in [0.1, 0.15) is 0 Å². The molecule has 0 fully saturated rings. The molecule has 0 aliphatic heterocycles. The van der Waals surface area contributed by atoms with Gasteiger partial charge in [0.05, 0.1) is 1.37 Å². The van der Waals surface area contributed by atoms with Crippen molar-refractivity contribution in [2.75, 3.05) is 0 Å². The summed E-state index contributed by atoms with van der Waals surface area (Å²) in [5.41, 5.74) is 8.96. The monoisotopic (exact) mass is 874 g/mol. The first-order valence-electron chi connectivity index (χ1n) is 10.7. The minimum atomic E-state index is -6.00. The van der Waals surface area contributed by atoms with Crippen LogP contribution in [0.2, 0.25) is 0 Å². The fourth-order valence-corrected chi connectivity index (χ4v) is 35.4. The summed E-state index contributed by atoms with van der Waals surface area (Å²) in [4.78, 5) is 0. The third-order valence-corrected chi connectivity index (χ3v) is 32.6. The highest BCUT2D eigenvalue weighted by molar-refractivity contribution is 8.77. The van der Waals surface area contributed by atoms with Gasteiger partial charge in [-0.1, -0.05) is 60.0 Å². The molecule has 2 aromatic rings. The van der Waals surface area contributed by atoms with Gasteiger partial charge < -0.3 is 17.3 Å². The van der Waals surface area contributed by atoms with Gasteiger partial charge >= 0.3 is 8.68 Å². The summed E-state index contributed by atoms with van der Waals surface area (Å²) in [7, 11) is 17.5. The van der Waals surface area contributed by atoms with E-state index < -0.39 is 7.25 Å². The van der Waals surface area contributed by atoms with Crippen LogP contribution in [0.5, 0.6) is 0 Å². The zero-order valence-electron chi connectivity index (χ0n) is 23.9. The van der Waals surface area contributed by atoms with Gasteiger partial charge in [0, 0.05) is 147 Å². The molecule has 0 unspecified atom stereocenters. The second kappa shape index (κ2) is 30.4. The number of benzene rings is 2. The van der Waals surface area contributed by atoms with E-state index >= 15 is 0 Å². The summed E-state index contributed by atoms with van der Waals surface area (Å²) < 4.78 is 46.5. The van der Waals surface area contributed by atoms with Crippen molar-refractivity contribution in [1.82, 2.24) is 0 Å². The highest BCUT2D eigenvalue weighted by Crippen LogP contribution is 2.14. The van der Waals surface area contributed by atoms with Crippen LogP contribution in [-0.4, -0.2) is 7.25 Å². The van der Waals surface area contributed by atoms with Gasteiger partial charge in [-0.15, -0.1) is 0 Å². The molecule has 2 rings (SSSR count). The minimum absolute atomic E-state index is 0. The number of hydrogen-bond acceptors (Lipinski definition) is 2. The summed E-state index contributed by atoms with van der Waals surface area (Å²) in [6.07, 6.45) is 0. The van der Waals surface area contributed by atoms with E-state index in [4.69, 9.17) is 23.7 Å². The summed E-state index contributed by atoms with van der Waals surface area (Å²) in [6.45, 7) is 14.6. The van der Waals surface area contributed by atoms with Crippen molar-refractivity contribution in [3.05, 3.63) is 69.3 Å². The normalized spacial score (nSPS) is 9.20. The number of rotatable bonds is 0. The molecule has 0 bridgehead atoms. The Kier molecular flexibility index (Phi) is 33.3. The van der Waals surface area contributed by atoms with E-state index in [1.165, 1.54) is 45.6 Å². The van der Waals surface area contributed by atoms with Gasteiger partial charge in [-0.2, -0.15) is 0 Å². The van der Waals surface area contributed by atoms with Crippen molar-refractivity contribution in [2.45, 2.75) is 55.9 Å². The number of halogens is 4. The van der Waals surface area contributed by atoms with Gasteiger partial charge in [0.25, 0.3) is 0 Å². The van der Waals surface area contributed by atoms with Crippen LogP contribution in [0.1, 0.15) is 49.2 Å². The second-order valence-corrected chi connectivity index (χ2v) is 31.8. The van der Waals surface area contributed by atoms with Crippen molar-refractivity contribution in [1.29, 1.82) is 0 Å². The Morgan fingerprint density at radius 2 is 0.780 bits per heavy atom. The average molecular weight is 875 g/mol. The van der Waals surface area contributed by atoms with E-state index in [9.17, 15) is 17.3 Å². The van der Waals surface area contributed by atoms with E-state index in [-0.39, 0.29) is 8.85 Å². The smallest absolute Gasteiger partial charge is 0.418 e. The fourth-order valence-electron chi connectivity index (χ4n) is 2.50. The molecule has 2 aromatic carbocycles. The van der Waals surface area contributed by atoms with Gasteiger partial charge in [0.2, 0.25) is 0 Å². The number of aryl methyl sites for hydroxylation is 6. The Hall–Kier alpha value is 1.74.